The second kappa shape index (κ2) is 5.86. The molecule has 0 aromatic heterocycles. The molecule has 3 nitrogen and oxygen atoms in total. The first kappa shape index (κ1) is 16.9. The molecule has 0 N–H and O–H groups in total. The standard InChI is InChI=1S/C24H18FNO2/c25-19-11-13-20(14-12-19)26-21(27)15-23(22(26)28)16-24(23,17-7-3-1-4-8-17)18-9-5-2-6-10-18/h1-14H,15-16H2. The third kappa shape index (κ3) is 2.15. The highest BCUT2D eigenvalue weighted by atomic mass is 19.1. The molecular formula is C24H18FNO2. The first-order valence-electron chi connectivity index (χ1n) is 9.32. The number of anilines is 1. The average molecular weight is 371 g/mol. The third-order valence-corrected chi connectivity index (χ3v) is 6.19. The van der Waals surface area contributed by atoms with Crippen molar-refractivity contribution in [1.82, 2.24) is 0 Å². The molecule has 4 heteroatoms. The summed E-state index contributed by atoms with van der Waals surface area (Å²) in [4.78, 5) is 27.7. The maximum Gasteiger partial charge on any atom is 0.241 e. The predicted molar refractivity (Wildman–Crippen MR) is 104 cm³/mol. The number of amides is 2. The Hall–Kier alpha value is -3.27. The summed E-state index contributed by atoms with van der Waals surface area (Å²) >= 11 is 0. The number of benzene rings is 3. The molecule has 2 amide bonds. The zero-order valence-electron chi connectivity index (χ0n) is 15.1. The smallest absolute Gasteiger partial charge is 0.241 e. The number of nitrogens with zero attached hydrogens (tertiary/aromatic N) is 1. The Kier molecular flexibility index (Phi) is 3.53. The fourth-order valence-corrected chi connectivity index (χ4v) is 4.84. The zero-order chi connectivity index (χ0) is 19.4. The lowest BCUT2D eigenvalue weighted by atomic mass is 9.79. The van der Waals surface area contributed by atoms with Crippen molar-refractivity contribution in [3.8, 4) is 0 Å². The van der Waals surface area contributed by atoms with Gasteiger partial charge in [0.2, 0.25) is 11.8 Å². The summed E-state index contributed by atoms with van der Waals surface area (Å²) in [6, 6.07) is 25.4. The number of hydrogen-bond acceptors (Lipinski definition) is 2. The van der Waals surface area contributed by atoms with Gasteiger partial charge >= 0.3 is 0 Å². The van der Waals surface area contributed by atoms with E-state index in [1.807, 2.05) is 60.7 Å². The summed E-state index contributed by atoms with van der Waals surface area (Å²) in [5.74, 6) is -0.825. The van der Waals surface area contributed by atoms with Crippen molar-refractivity contribution in [2.24, 2.45) is 5.41 Å². The van der Waals surface area contributed by atoms with Gasteiger partial charge in [-0.2, -0.15) is 0 Å². The molecule has 0 radical (unpaired) electrons. The van der Waals surface area contributed by atoms with Crippen LogP contribution >= 0.6 is 0 Å². The largest absolute Gasteiger partial charge is 0.274 e. The van der Waals surface area contributed by atoms with Crippen LogP contribution in [-0.4, -0.2) is 11.8 Å². The van der Waals surface area contributed by atoms with Gasteiger partial charge in [0, 0.05) is 11.8 Å². The summed E-state index contributed by atoms with van der Waals surface area (Å²) in [5, 5.41) is 0. The minimum atomic E-state index is -0.790. The molecule has 1 atom stereocenters. The molecular weight excluding hydrogens is 353 g/mol. The molecule has 3 aromatic carbocycles. The van der Waals surface area contributed by atoms with Crippen LogP contribution < -0.4 is 4.90 Å². The van der Waals surface area contributed by atoms with Crippen LogP contribution in [0.25, 0.3) is 0 Å². The maximum atomic E-state index is 13.6. The Morgan fingerprint density at radius 1 is 0.750 bits per heavy atom. The lowest BCUT2D eigenvalue weighted by Gasteiger charge is -2.23. The van der Waals surface area contributed by atoms with Gasteiger partial charge < -0.3 is 0 Å². The Balaban J connectivity index is 1.63. The topological polar surface area (TPSA) is 37.4 Å². The van der Waals surface area contributed by atoms with Crippen molar-refractivity contribution in [2.45, 2.75) is 18.3 Å². The SMILES string of the molecule is O=C1CC2(CC2(c2ccccc2)c2ccccc2)C(=O)N1c1ccc(F)cc1. The number of imide groups is 1. The zero-order valence-corrected chi connectivity index (χ0v) is 15.1. The first-order chi connectivity index (χ1) is 13.6. The molecule has 1 saturated carbocycles. The second-order valence-corrected chi connectivity index (χ2v) is 7.58. The molecule has 2 aliphatic rings. The van der Waals surface area contributed by atoms with E-state index >= 15 is 0 Å². The van der Waals surface area contributed by atoms with Gasteiger partial charge in [-0.25, -0.2) is 4.39 Å². The second-order valence-electron chi connectivity index (χ2n) is 7.58. The van der Waals surface area contributed by atoms with Crippen LogP contribution in [0.5, 0.6) is 0 Å². The lowest BCUT2D eigenvalue weighted by Crippen LogP contribution is -2.33. The summed E-state index contributed by atoms with van der Waals surface area (Å²) < 4.78 is 13.3. The van der Waals surface area contributed by atoms with E-state index in [1.165, 1.54) is 29.2 Å². The van der Waals surface area contributed by atoms with Gasteiger partial charge in [-0.3, -0.25) is 14.5 Å². The summed E-state index contributed by atoms with van der Waals surface area (Å²) in [5.41, 5.74) is 1.21. The van der Waals surface area contributed by atoms with Crippen molar-refractivity contribution in [2.75, 3.05) is 4.90 Å². The van der Waals surface area contributed by atoms with Crippen LogP contribution in [0.1, 0.15) is 24.0 Å². The van der Waals surface area contributed by atoms with E-state index in [9.17, 15) is 14.0 Å². The van der Waals surface area contributed by atoms with Gasteiger partial charge in [0.1, 0.15) is 5.82 Å². The molecule has 1 aliphatic heterocycles. The Labute approximate surface area is 162 Å². The maximum absolute atomic E-state index is 13.6. The highest BCUT2D eigenvalue weighted by Gasteiger charge is 2.77. The van der Waals surface area contributed by atoms with Crippen LogP contribution in [0.15, 0.2) is 84.9 Å². The number of carbonyl (C=O) groups excluding carboxylic acids is 2. The van der Waals surface area contributed by atoms with E-state index in [4.69, 9.17) is 0 Å². The molecule has 28 heavy (non-hydrogen) atoms. The van der Waals surface area contributed by atoms with Gasteiger partial charge in [0.15, 0.2) is 0 Å². The molecule has 2 fully saturated rings. The van der Waals surface area contributed by atoms with Gasteiger partial charge in [-0.15, -0.1) is 0 Å². The van der Waals surface area contributed by atoms with Crippen molar-refractivity contribution in [1.29, 1.82) is 0 Å². The number of halogens is 1. The monoisotopic (exact) mass is 371 g/mol. The minimum absolute atomic E-state index is 0.160. The van der Waals surface area contributed by atoms with E-state index in [2.05, 4.69) is 0 Å². The normalized spacial score (nSPS) is 22.7. The van der Waals surface area contributed by atoms with Crippen molar-refractivity contribution >= 4 is 17.5 Å². The average Bonchev–Trinajstić information content (AvgIpc) is 3.34. The molecule has 1 unspecified atom stereocenters. The van der Waals surface area contributed by atoms with Gasteiger partial charge in [-0.1, -0.05) is 60.7 Å². The third-order valence-electron chi connectivity index (χ3n) is 6.19. The van der Waals surface area contributed by atoms with Crippen LogP contribution in [0.2, 0.25) is 0 Å². The molecule has 1 spiro atoms. The Morgan fingerprint density at radius 2 is 1.29 bits per heavy atom. The first-order valence-corrected chi connectivity index (χ1v) is 9.32. The van der Waals surface area contributed by atoms with Crippen molar-refractivity contribution in [3.05, 3.63) is 102 Å². The highest BCUT2D eigenvalue weighted by Crippen LogP contribution is 2.72. The molecule has 1 saturated heterocycles. The predicted octanol–water partition coefficient (Wildman–Crippen LogP) is 4.47. The van der Waals surface area contributed by atoms with Gasteiger partial charge in [0.25, 0.3) is 0 Å². The van der Waals surface area contributed by atoms with Crippen LogP contribution in [-0.2, 0) is 15.0 Å². The molecule has 5 rings (SSSR count). The Morgan fingerprint density at radius 3 is 1.82 bits per heavy atom. The number of hydrogen-bond donors (Lipinski definition) is 0. The van der Waals surface area contributed by atoms with Gasteiger partial charge in [-0.05, 0) is 41.8 Å². The number of carbonyl (C=O) groups is 2. The van der Waals surface area contributed by atoms with E-state index in [0.29, 0.717) is 12.1 Å². The molecule has 0 bridgehead atoms. The van der Waals surface area contributed by atoms with E-state index in [-0.39, 0.29) is 18.2 Å². The quantitative estimate of drug-likeness (QED) is 0.637. The van der Waals surface area contributed by atoms with E-state index in [1.54, 1.807) is 0 Å². The minimum Gasteiger partial charge on any atom is -0.274 e. The van der Waals surface area contributed by atoms with Crippen molar-refractivity contribution in [3.63, 3.8) is 0 Å². The summed E-state index contributed by atoms with van der Waals surface area (Å²) in [6.07, 6.45) is 0.753. The Bertz CT molecular complexity index is 1020. The van der Waals surface area contributed by atoms with E-state index in [0.717, 1.165) is 11.1 Å². The van der Waals surface area contributed by atoms with Gasteiger partial charge in [0.05, 0.1) is 11.1 Å². The molecule has 138 valence electrons. The molecule has 1 aliphatic carbocycles. The fourth-order valence-electron chi connectivity index (χ4n) is 4.84. The highest BCUT2D eigenvalue weighted by molar-refractivity contribution is 6.25. The summed E-state index contributed by atoms with van der Waals surface area (Å²) in [7, 11) is 0. The van der Waals surface area contributed by atoms with Crippen LogP contribution in [0, 0.1) is 11.2 Å². The van der Waals surface area contributed by atoms with Crippen molar-refractivity contribution < 1.29 is 14.0 Å². The molecule has 3 aromatic rings. The fraction of sp³-hybridized carbons (Fsp3) is 0.167. The van der Waals surface area contributed by atoms with Crippen LogP contribution in [0.3, 0.4) is 0 Å². The van der Waals surface area contributed by atoms with Crippen LogP contribution in [0.4, 0.5) is 10.1 Å². The molecule has 1 heterocycles. The summed E-state index contributed by atoms with van der Waals surface area (Å²) in [6.45, 7) is 0. The lowest BCUT2D eigenvalue weighted by molar-refractivity contribution is -0.123. The van der Waals surface area contributed by atoms with E-state index < -0.39 is 16.6 Å². The number of rotatable bonds is 3.